The van der Waals surface area contributed by atoms with Gasteiger partial charge in [0.15, 0.2) is 0 Å². The fourth-order valence-electron chi connectivity index (χ4n) is 1.80. The molecular formula is C13H8F3N5O. The number of hydrogen-bond donors (Lipinski definition) is 2. The predicted molar refractivity (Wildman–Crippen MR) is 71.1 cm³/mol. The van der Waals surface area contributed by atoms with Gasteiger partial charge in [-0.1, -0.05) is 24.3 Å². The third kappa shape index (κ3) is 2.73. The van der Waals surface area contributed by atoms with E-state index in [1.807, 2.05) is 12.1 Å². The molecule has 9 heteroatoms. The number of pyridine rings is 1. The van der Waals surface area contributed by atoms with Crippen LogP contribution in [-0.2, 0) is 6.18 Å². The maximum atomic E-state index is 12.4. The molecule has 22 heavy (non-hydrogen) atoms. The van der Waals surface area contributed by atoms with Gasteiger partial charge < -0.3 is 0 Å². The van der Waals surface area contributed by atoms with Crippen molar-refractivity contribution in [1.82, 2.24) is 20.2 Å². The van der Waals surface area contributed by atoms with E-state index < -0.39 is 23.9 Å². The number of halogens is 3. The second-order valence-corrected chi connectivity index (χ2v) is 4.35. The Bertz CT molecular complexity index is 843. The Morgan fingerprint density at radius 3 is 2.59 bits per heavy atom. The zero-order valence-electron chi connectivity index (χ0n) is 10.8. The highest BCUT2D eigenvalue weighted by molar-refractivity contribution is 6.03. The zero-order valence-corrected chi connectivity index (χ0v) is 10.8. The molecule has 3 rings (SSSR count). The van der Waals surface area contributed by atoms with Crippen molar-refractivity contribution in [2.75, 3.05) is 5.32 Å². The highest BCUT2D eigenvalue weighted by atomic mass is 19.4. The first kappa shape index (κ1) is 14.0. The number of alkyl halides is 3. The fourth-order valence-corrected chi connectivity index (χ4v) is 1.80. The predicted octanol–water partition coefficient (Wildman–Crippen LogP) is 2.62. The van der Waals surface area contributed by atoms with Gasteiger partial charge in [-0.2, -0.15) is 18.2 Å². The lowest BCUT2D eigenvalue weighted by molar-refractivity contribution is -0.144. The largest absolute Gasteiger partial charge is 0.451 e. The highest BCUT2D eigenvalue weighted by Gasteiger charge is 2.35. The summed E-state index contributed by atoms with van der Waals surface area (Å²) >= 11 is 0. The van der Waals surface area contributed by atoms with Crippen LogP contribution in [0, 0.1) is 0 Å². The van der Waals surface area contributed by atoms with E-state index in [4.69, 9.17) is 0 Å². The number of para-hydroxylation sites is 1. The first-order valence-corrected chi connectivity index (χ1v) is 6.10. The minimum Gasteiger partial charge on any atom is -0.288 e. The first-order valence-electron chi connectivity index (χ1n) is 6.10. The monoisotopic (exact) mass is 307 g/mol. The maximum Gasteiger partial charge on any atom is 0.451 e. The number of aromatic nitrogens is 4. The maximum absolute atomic E-state index is 12.4. The molecule has 2 heterocycles. The van der Waals surface area contributed by atoms with Crippen molar-refractivity contribution in [3.63, 3.8) is 0 Å². The van der Waals surface area contributed by atoms with Gasteiger partial charge in [0.2, 0.25) is 11.8 Å². The molecule has 0 saturated heterocycles. The molecular weight excluding hydrogens is 299 g/mol. The van der Waals surface area contributed by atoms with Crippen LogP contribution in [0.1, 0.15) is 16.3 Å². The van der Waals surface area contributed by atoms with E-state index in [1.165, 1.54) is 6.07 Å². The summed E-state index contributed by atoms with van der Waals surface area (Å²) in [4.78, 5) is 19.3. The number of hydrogen-bond acceptors (Lipinski definition) is 4. The molecule has 0 aliphatic heterocycles. The molecule has 1 amide bonds. The van der Waals surface area contributed by atoms with E-state index in [9.17, 15) is 18.0 Å². The summed E-state index contributed by atoms with van der Waals surface area (Å²) in [5.41, 5.74) is 0.651. The van der Waals surface area contributed by atoms with Crippen LogP contribution in [-0.4, -0.2) is 26.1 Å². The quantitative estimate of drug-likeness (QED) is 0.762. The van der Waals surface area contributed by atoms with Crippen LogP contribution >= 0.6 is 0 Å². The molecule has 0 spiro atoms. The molecule has 2 aromatic heterocycles. The molecule has 0 aliphatic carbocycles. The average Bonchev–Trinajstić information content (AvgIpc) is 2.95. The molecule has 0 bridgehead atoms. The van der Waals surface area contributed by atoms with Gasteiger partial charge in [0, 0.05) is 5.39 Å². The van der Waals surface area contributed by atoms with Crippen molar-refractivity contribution in [2.24, 2.45) is 0 Å². The molecule has 2 N–H and O–H groups in total. The molecule has 0 radical (unpaired) electrons. The third-order valence-corrected chi connectivity index (χ3v) is 2.81. The lowest BCUT2D eigenvalue weighted by Crippen LogP contribution is -2.15. The standard InChI is InChI=1S/C13H8F3N5O/c14-13(15,16)11-19-12(21-20-11)18-10(22)9-6-5-7-3-1-2-4-8(7)17-9/h1-6H,(H2,18,19,20,21,22). The van der Waals surface area contributed by atoms with E-state index >= 15 is 0 Å². The zero-order chi connectivity index (χ0) is 15.7. The number of nitrogens with zero attached hydrogens (tertiary/aromatic N) is 3. The van der Waals surface area contributed by atoms with Gasteiger partial charge in [0.05, 0.1) is 5.52 Å². The molecule has 6 nitrogen and oxygen atoms in total. The first-order chi connectivity index (χ1) is 10.4. The smallest absolute Gasteiger partial charge is 0.288 e. The van der Waals surface area contributed by atoms with Crippen molar-refractivity contribution in [3.8, 4) is 0 Å². The molecule has 0 atom stereocenters. The second-order valence-electron chi connectivity index (χ2n) is 4.35. The summed E-state index contributed by atoms with van der Waals surface area (Å²) in [6.45, 7) is 0. The summed E-state index contributed by atoms with van der Waals surface area (Å²) in [7, 11) is 0. The number of carbonyl (C=O) groups is 1. The summed E-state index contributed by atoms with van der Waals surface area (Å²) in [5, 5.41) is 8.01. The van der Waals surface area contributed by atoms with Crippen LogP contribution in [0.3, 0.4) is 0 Å². The van der Waals surface area contributed by atoms with E-state index in [0.717, 1.165) is 5.39 Å². The SMILES string of the molecule is O=C(Nc1n[nH]c(C(F)(F)F)n1)c1ccc2ccccc2n1. The van der Waals surface area contributed by atoms with E-state index in [2.05, 4.69) is 20.4 Å². The Morgan fingerprint density at radius 2 is 1.86 bits per heavy atom. The Morgan fingerprint density at radius 1 is 1.09 bits per heavy atom. The molecule has 3 aromatic rings. The average molecular weight is 307 g/mol. The molecule has 1 aromatic carbocycles. The number of H-pyrrole nitrogens is 1. The lowest BCUT2D eigenvalue weighted by Gasteiger charge is -2.02. The second kappa shape index (κ2) is 5.10. The van der Waals surface area contributed by atoms with Crippen LogP contribution in [0.25, 0.3) is 10.9 Å². The minimum atomic E-state index is -4.66. The van der Waals surface area contributed by atoms with Gasteiger partial charge >= 0.3 is 6.18 Å². The van der Waals surface area contributed by atoms with E-state index in [1.54, 1.807) is 23.3 Å². The van der Waals surface area contributed by atoms with Gasteiger partial charge in [-0.3, -0.25) is 15.2 Å². The van der Waals surface area contributed by atoms with Crippen LogP contribution < -0.4 is 5.32 Å². The number of anilines is 1. The number of benzene rings is 1. The normalized spacial score (nSPS) is 11.6. The minimum absolute atomic E-state index is 0.0528. The molecule has 112 valence electrons. The summed E-state index contributed by atoms with van der Waals surface area (Å²) < 4.78 is 37.1. The van der Waals surface area contributed by atoms with Crippen molar-refractivity contribution >= 4 is 22.8 Å². The highest BCUT2D eigenvalue weighted by Crippen LogP contribution is 2.26. The van der Waals surface area contributed by atoms with Crippen molar-refractivity contribution in [1.29, 1.82) is 0 Å². The van der Waals surface area contributed by atoms with Gasteiger partial charge in [0.1, 0.15) is 5.69 Å². The number of nitrogens with one attached hydrogen (secondary N) is 2. The lowest BCUT2D eigenvalue weighted by atomic mass is 10.2. The molecule has 0 fully saturated rings. The van der Waals surface area contributed by atoms with Gasteiger partial charge in [-0.25, -0.2) is 4.98 Å². The van der Waals surface area contributed by atoms with Gasteiger partial charge in [-0.15, -0.1) is 5.10 Å². The van der Waals surface area contributed by atoms with E-state index in [-0.39, 0.29) is 5.69 Å². The number of carbonyl (C=O) groups excluding carboxylic acids is 1. The number of aromatic amines is 1. The van der Waals surface area contributed by atoms with Crippen LogP contribution in [0.2, 0.25) is 0 Å². The summed E-state index contributed by atoms with van der Waals surface area (Å²) in [5.74, 6) is -2.44. The van der Waals surface area contributed by atoms with Crippen molar-refractivity contribution in [3.05, 3.63) is 47.9 Å². The van der Waals surface area contributed by atoms with E-state index in [0.29, 0.717) is 5.52 Å². The Labute approximate surface area is 121 Å². The number of rotatable bonds is 2. The van der Waals surface area contributed by atoms with Crippen LogP contribution in [0.5, 0.6) is 0 Å². The van der Waals surface area contributed by atoms with Gasteiger partial charge in [-0.05, 0) is 12.1 Å². The number of fused-ring (bicyclic) bond motifs is 1. The Balaban J connectivity index is 1.82. The topological polar surface area (TPSA) is 83.6 Å². The Kier molecular flexibility index (Phi) is 3.24. The Hall–Kier alpha value is -2.97. The van der Waals surface area contributed by atoms with Crippen LogP contribution in [0.4, 0.5) is 19.1 Å². The number of amides is 1. The fraction of sp³-hybridized carbons (Fsp3) is 0.0769. The molecule has 0 unspecified atom stereocenters. The molecule has 0 saturated carbocycles. The summed E-state index contributed by atoms with van der Waals surface area (Å²) in [6, 6.07) is 10.3. The van der Waals surface area contributed by atoms with Crippen LogP contribution in [0.15, 0.2) is 36.4 Å². The molecule has 0 aliphatic rings. The summed E-state index contributed by atoms with van der Waals surface area (Å²) in [6.07, 6.45) is -4.66. The third-order valence-electron chi connectivity index (χ3n) is 2.81. The van der Waals surface area contributed by atoms with Crippen molar-refractivity contribution in [2.45, 2.75) is 6.18 Å². The van der Waals surface area contributed by atoms with Gasteiger partial charge in [0.25, 0.3) is 5.91 Å². The van der Waals surface area contributed by atoms with Crippen molar-refractivity contribution < 1.29 is 18.0 Å².